The maximum atomic E-state index is 9.68. The molecular weight excluding hydrogens is 276 g/mol. The number of hydrogen-bond donors (Lipinski definition) is 2. The molecule has 4 nitrogen and oxygen atoms in total. The van der Waals surface area contributed by atoms with Crippen molar-refractivity contribution in [2.45, 2.75) is 39.0 Å². The molecule has 0 bridgehead atoms. The van der Waals surface area contributed by atoms with Crippen molar-refractivity contribution in [1.82, 2.24) is 9.55 Å². The van der Waals surface area contributed by atoms with Crippen molar-refractivity contribution in [2.24, 2.45) is 0 Å². The van der Waals surface area contributed by atoms with Crippen LogP contribution in [0.1, 0.15) is 36.5 Å². The van der Waals surface area contributed by atoms with Crippen molar-refractivity contribution >= 4 is 11.6 Å². The molecule has 0 saturated heterocycles. The van der Waals surface area contributed by atoms with Gasteiger partial charge in [0, 0.05) is 17.8 Å². The largest absolute Gasteiger partial charge is 0.390 e. The molecule has 0 aliphatic rings. The van der Waals surface area contributed by atoms with E-state index in [0.29, 0.717) is 11.5 Å². The normalized spacial score (nSPS) is 12.6. The highest BCUT2D eigenvalue weighted by atomic mass is 35.5. The molecule has 0 saturated carbocycles. The second kappa shape index (κ2) is 6.88. The predicted octanol–water partition coefficient (Wildman–Crippen LogP) is 2.71. The van der Waals surface area contributed by atoms with Crippen molar-refractivity contribution in [2.75, 3.05) is 0 Å². The fourth-order valence-electron chi connectivity index (χ4n) is 2.18. The number of aryl methyl sites for hydroxylation is 2. The maximum absolute atomic E-state index is 9.68. The average molecular weight is 295 g/mol. The zero-order chi connectivity index (χ0) is 14.5. The lowest BCUT2D eigenvalue weighted by atomic mass is 10.1. The van der Waals surface area contributed by atoms with Crippen LogP contribution in [-0.2, 0) is 19.6 Å². The molecule has 1 unspecified atom stereocenters. The van der Waals surface area contributed by atoms with E-state index in [9.17, 15) is 5.11 Å². The number of aromatic nitrogens is 2. The predicted molar refractivity (Wildman–Crippen MR) is 78.6 cm³/mol. The number of halogens is 1. The number of nitrogens with zero attached hydrogens (tertiary/aromatic N) is 2. The summed E-state index contributed by atoms with van der Waals surface area (Å²) in [7, 11) is 0. The summed E-state index contributed by atoms with van der Waals surface area (Å²) in [5.74, 6) is 0.602. The molecule has 108 valence electrons. The Balaban J connectivity index is 1.96. The summed E-state index contributed by atoms with van der Waals surface area (Å²) < 4.78 is 1.91. The minimum Gasteiger partial charge on any atom is -0.390 e. The molecule has 1 aromatic heterocycles. The van der Waals surface area contributed by atoms with Gasteiger partial charge < -0.3 is 14.8 Å². The number of aliphatic hydroxyl groups is 2. The van der Waals surface area contributed by atoms with Crippen LogP contribution in [0.25, 0.3) is 0 Å². The molecule has 0 aliphatic heterocycles. The standard InChI is InChI=1S/C15H19ClN2O2/c1-11(20)15-17-14(10-19)9-18(15)8-2-3-12-4-6-13(16)7-5-12/h4-7,9,11,19-20H,2-3,8,10H2,1H3. The maximum Gasteiger partial charge on any atom is 0.137 e. The summed E-state index contributed by atoms with van der Waals surface area (Å²) >= 11 is 5.85. The first-order valence-electron chi connectivity index (χ1n) is 6.69. The van der Waals surface area contributed by atoms with Crippen molar-refractivity contribution in [3.05, 3.63) is 52.6 Å². The first-order valence-corrected chi connectivity index (χ1v) is 7.07. The van der Waals surface area contributed by atoms with E-state index < -0.39 is 6.10 Å². The van der Waals surface area contributed by atoms with Gasteiger partial charge in [-0.25, -0.2) is 4.98 Å². The summed E-state index contributed by atoms with van der Waals surface area (Å²) in [5.41, 5.74) is 1.82. The summed E-state index contributed by atoms with van der Waals surface area (Å²) in [4.78, 5) is 4.21. The summed E-state index contributed by atoms with van der Waals surface area (Å²) in [6, 6.07) is 7.81. The Labute approximate surface area is 123 Å². The molecule has 1 atom stereocenters. The summed E-state index contributed by atoms with van der Waals surface area (Å²) in [6.45, 7) is 2.33. The Hall–Kier alpha value is -1.36. The topological polar surface area (TPSA) is 58.3 Å². The van der Waals surface area contributed by atoms with Gasteiger partial charge in [-0.15, -0.1) is 0 Å². The van der Waals surface area contributed by atoms with Gasteiger partial charge in [0.25, 0.3) is 0 Å². The van der Waals surface area contributed by atoms with Gasteiger partial charge in [-0.3, -0.25) is 0 Å². The molecule has 0 spiro atoms. The molecule has 0 fully saturated rings. The first kappa shape index (κ1) is 15.0. The molecule has 0 amide bonds. The van der Waals surface area contributed by atoms with Gasteiger partial charge in [-0.05, 0) is 37.5 Å². The smallest absolute Gasteiger partial charge is 0.137 e. The molecule has 0 aliphatic carbocycles. The van der Waals surface area contributed by atoms with E-state index in [1.165, 1.54) is 5.56 Å². The van der Waals surface area contributed by atoms with Crippen molar-refractivity contribution in [3.8, 4) is 0 Å². The van der Waals surface area contributed by atoms with Gasteiger partial charge in [0.15, 0.2) is 0 Å². The van der Waals surface area contributed by atoms with Crippen LogP contribution in [0, 0.1) is 0 Å². The number of rotatable bonds is 6. The number of hydrogen-bond acceptors (Lipinski definition) is 3. The van der Waals surface area contributed by atoms with Crippen molar-refractivity contribution < 1.29 is 10.2 Å². The van der Waals surface area contributed by atoms with E-state index in [0.717, 1.165) is 24.4 Å². The Bertz CT molecular complexity index is 550. The molecule has 2 N–H and O–H groups in total. The highest BCUT2D eigenvalue weighted by Crippen LogP contribution is 2.15. The fourth-order valence-corrected chi connectivity index (χ4v) is 2.31. The molecule has 2 rings (SSSR count). The molecule has 1 heterocycles. The third-order valence-corrected chi connectivity index (χ3v) is 3.42. The van der Waals surface area contributed by atoms with E-state index in [4.69, 9.17) is 16.7 Å². The van der Waals surface area contributed by atoms with E-state index in [2.05, 4.69) is 4.98 Å². The number of imidazole rings is 1. The van der Waals surface area contributed by atoms with Crippen LogP contribution in [-0.4, -0.2) is 19.8 Å². The first-order chi connectivity index (χ1) is 9.60. The SMILES string of the molecule is CC(O)c1nc(CO)cn1CCCc1ccc(Cl)cc1. The van der Waals surface area contributed by atoms with E-state index >= 15 is 0 Å². The third-order valence-electron chi connectivity index (χ3n) is 3.17. The molecule has 1 aromatic carbocycles. The monoisotopic (exact) mass is 294 g/mol. The number of benzene rings is 1. The fraction of sp³-hybridized carbons (Fsp3) is 0.400. The van der Waals surface area contributed by atoms with Crippen molar-refractivity contribution in [3.63, 3.8) is 0 Å². The van der Waals surface area contributed by atoms with Crippen LogP contribution in [0.15, 0.2) is 30.5 Å². The minimum atomic E-state index is -0.633. The quantitative estimate of drug-likeness (QED) is 0.861. The van der Waals surface area contributed by atoms with E-state index in [1.807, 2.05) is 28.8 Å². The molecule has 5 heteroatoms. The lowest BCUT2D eigenvalue weighted by Crippen LogP contribution is -2.07. The van der Waals surface area contributed by atoms with Gasteiger partial charge in [-0.2, -0.15) is 0 Å². The summed E-state index contributed by atoms with van der Waals surface area (Å²) in [6.07, 6.45) is 3.03. The lowest BCUT2D eigenvalue weighted by molar-refractivity contribution is 0.183. The zero-order valence-electron chi connectivity index (χ0n) is 11.5. The van der Waals surface area contributed by atoms with Gasteiger partial charge >= 0.3 is 0 Å². The Morgan fingerprint density at radius 3 is 2.60 bits per heavy atom. The van der Waals surface area contributed by atoms with Crippen LogP contribution in [0.5, 0.6) is 0 Å². The van der Waals surface area contributed by atoms with Crippen LogP contribution >= 0.6 is 11.6 Å². The Morgan fingerprint density at radius 1 is 1.30 bits per heavy atom. The minimum absolute atomic E-state index is 0.107. The van der Waals surface area contributed by atoms with E-state index in [1.54, 1.807) is 13.1 Å². The average Bonchev–Trinajstić information content (AvgIpc) is 2.85. The number of aliphatic hydroxyl groups excluding tert-OH is 2. The second-order valence-corrected chi connectivity index (χ2v) is 5.28. The second-order valence-electron chi connectivity index (χ2n) is 4.85. The van der Waals surface area contributed by atoms with Crippen LogP contribution in [0.4, 0.5) is 0 Å². The van der Waals surface area contributed by atoms with Gasteiger partial charge in [0.1, 0.15) is 11.9 Å². The van der Waals surface area contributed by atoms with Crippen molar-refractivity contribution in [1.29, 1.82) is 0 Å². The zero-order valence-corrected chi connectivity index (χ0v) is 12.2. The van der Waals surface area contributed by atoms with Gasteiger partial charge in [0.05, 0.1) is 12.3 Å². The Morgan fingerprint density at radius 2 is 2.00 bits per heavy atom. The molecule has 2 aromatic rings. The third kappa shape index (κ3) is 3.82. The van der Waals surface area contributed by atoms with Gasteiger partial charge in [-0.1, -0.05) is 23.7 Å². The van der Waals surface area contributed by atoms with Crippen LogP contribution in [0.2, 0.25) is 5.02 Å². The molecule has 20 heavy (non-hydrogen) atoms. The Kier molecular flexibility index (Phi) is 5.17. The summed E-state index contributed by atoms with van der Waals surface area (Å²) in [5, 5.41) is 19.5. The van der Waals surface area contributed by atoms with Crippen LogP contribution < -0.4 is 0 Å². The van der Waals surface area contributed by atoms with Gasteiger partial charge in [0.2, 0.25) is 0 Å². The highest BCUT2D eigenvalue weighted by molar-refractivity contribution is 6.30. The van der Waals surface area contributed by atoms with E-state index in [-0.39, 0.29) is 6.61 Å². The highest BCUT2D eigenvalue weighted by Gasteiger charge is 2.11. The lowest BCUT2D eigenvalue weighted by Gasteiger charge is -2.09. The van der Waals surface area contributed by atoms with Crippen LogP contribution in [0.3, 0.4) is 0 Å². The molecule has 0 radical (unpaired) electrons. The molecular formula is C15H19ClN2O2.